The van der Waals surface area contributed by atoms with E-state index in [4.69, 9.17) is 0 Å². The average Bonchev–Trinajstić information content (AvgIpc) is 3.14. The molecule has 4 rings (SSSR count). The third kappa shape index (κ3) is 4.54. The summed E-state index contributed by atoms with van der Waals surface area (Å²) in [6.07, 6.45) is -3.49. The van der Waals surface area contributed by atoms with E-state index < -0.39 is 47.2 Å². The fourth-order valence-corrected chi connectivity index (χ4v) is 4.18. The molecule has 1 aromatic carbocycles. The molecule has 12 heteroatoms. The zero-order valence-corrected chi connectivity index (χ0v) is 19.2. The highest BCUT2D eigenvalue weighted by Gasteiger charge is 2.40. The summed E-state index contributed by atoms with van der Waals surface area (Å²) in [7, 11) is 0. The zero-order chi connectivity index (χ0) is 26.4. The first-order valence-corrected chi connectivity index (χ1v) is 11.1. The molecular formula is C24H21F5N4O3. The minimum Gasteiger partial charge on any atom is -0.340 e. The molecule has 1 aliphatic rings. The van der Waals surface area contributed by atoms with Gasteiger partial charge in [-0.3, -0.25) is 23.9 Å². The first-order valence-electron chi connectivity index (χ1n) is 11.1. The smallest absolute Gasteiger partial charge is 0.340 e. The molecule has 1 N–H and O–H groups in total. The monoisotopic (exact) mass is 508 g/mol. The van der Waals surface area contributed by atoms with E-state index in [1.807, 2.05) is 6.92 Å². The second-order valence-corrected chi connectivity index (χ2v) is 8.51. The van der Waals surface area contributed by atoms with Crippen molar-refractivity contribution in [2.45, 2.75) is 51.4 Å². The topological polar surface area (TPSA) is 84.3 Å². The third-order valence-electron chi connectivity index (χ3n) is 6.09. The second-order valence-electron chi connectivity index (χ2n) is 8.51. The van der Waals surface area contributed by atoms with Gasteiger partial charge in [0, 0.05) is 24.7 Å². The Morgan fingerprint density at radius 3 is 2.50 bits per heavy atom. The predicted octanol–water partition coefficient (Wildman–Crippen LogP) is 4.25. The molecule has 1 saturated heterocycles. The van der Waals surface area contributed by atoms with Gasteiger partial charge in [-0.25, -0.2) is 13.8 Å². The van der Waals surface area contributed by atoms with Crippen molar-refractivity contribution in [2.75, 3.05) is 4.90 Å². The number of hydrogen-bond acceptors (Lipinski definition) is 4. The Balaban J connectivity index is 1.94. The van der Waals surface area contributed by atoms with Crippen LogP contribution in [0.25, 0.3) is 16.7 Å². The molecule has 2 atom stereocenters. The Kier molecular flexibility index (Phi) is 6.54. The quantitative estimate of drug-likeness (QED) is 0.523. The summed E-state index contributed by atoms with van der Waals surface area (Å²) in [5, 5.41) is 1.59. The van der Waals surface area contributed by atoms with Crippen LogP contribution in [-0.4, -0.2) is 39.6 Å². The summed E-state index contributed by atoms with van der Waals surface area (Å²) < 4.78 is 69.0. The van der Waals surface area contributed by atoms with Crippen LogP contribution in [0.4, 0.5) is 27.8 Å². The van der Waals surface area contributed by atoms with Gasteiger partial charge in [0.1, 0.15) is 29.1 Å². The minimum atomic E-state index is -4.75. The van der Waals surface area contributed by atoms with Crippen LogP contribution in [0.5, 0.6) is 0 Å². The largest absolute Gasteiger partial charge is 0.408 e. The molecule has 7 nitrogen and oxygen atoms in total. The molecule has 190 valence electrons. The van der Waals surface area contributed by atoms with Gasteiger partial charge in [0.2, 0.25) is 11.3 Å². The Morgan fingerprint density at radius 2 is 1.92 bits per heavy atom. The van der Waals surface area contributed by atoms with Gasteiger partial charge in [-0.05, 0) is 44.0 Å². The number of benzene rings is 1. The Morgan fingerprint density at radius 1 is 1.19 bits per heavy atom. The molecule has 3 aromatic rings. The van der Waals surface area contributed by atoms with Crippen LogP contribution < -0.4 is 15.6 Å². The van der Waals surface area contributed by atoms with Crippen molar-refractivity contribution in [3.05, 3.63) is 63.9 Å². The van der Waals surface area contributed by atoms with Crippen molar-refractivity contribution in [3.63, 3.8) is 0 Å². The number of hydrogen-bond donors (Lipinski definition) is 1. The van der Waals surface area contributed by atoms with E-state index in [9.17, 15) is 36.3 Å². The minimum absolute atomic E-state index is 0.158. The second kappa shape index (κ2) is 9.32. The number of aromatic nitrogens is 2. The first-order chi connectivity index (χ1) is 16.9. The standard InChI is InChI=1S/C24H21F5N4O3/c1-3-18(24(27,28)29)30-23(36)15-11-32(17-7-5-13(25)10-16(17)26)22-14(21(15)35)6-8-19(31-22)33-12(2)4-9-20(33)34/h5-8,10-12,18H,3-4,9H2,1-2H3,(H,30,36)/t12?,18-/m1/s1. The predicted molar refractivity (Wildman–Crippen MR) is 121 cm³/mol. The molecule has 0 bridgehead atoms. The maximum absolute atomic E-state index is 14.8. The normalized spacial score (nSPS) is 17.0. The van der Waals surface area contributed by atoms with Crippen LogP contribution in [0.1, 0.15) is 43.5 Å². The summed E-state index contributed by atoms with van der Waals surface area (Å²) in [5.74, 6) is -3.29. The van der Waals surface area contributed by atoms with E-state index >= 15 is 0 Å². The van der Waals surface area contributed by atoms with Crippen LogP contribution in [0, 0.1) is 11.6 Å². The summed E-state index contributed by atoms with van der Waals surface area (Å²) in [6, 6.07) is 2.80. The van der Waals surface area contributed by atoms with E-state index in [2.05, 4.69) is 4.98 Å². The molecule has 1 aliphatic heterocycles. The lowest BCUT2D eigenvalue weighted by Crippen LogP contribution is -2.46. The van der Waals surface area contributed by atoms with E-state index in [-0.39, 0.29) is 40.9 Å². The maximum atomic E-state index is 14.8. The van der Waals surface area contributed by atoms with Crippen LogP contribution in [0.2, 0.25) is 0 Å². The van der Waals surface area contributed by atoms with Crippen molar-refractivity contribution >= 4 is 28.7 Å². The molecular weight excluding hydrogens is 487 g/mol. The lowest BCUT2D eigenvalue weighted by Gasteiger charge is -2.22. The number of alkyl halides is 3. The Bertz CT molecular complexity index is 1420. The number of rotatable bonds is 5. The van der Waals surface area contributed by atoms with Crippen molar-refractivity contribution in [1.82, 2.24) is 14.9 Å². The third-order valence-corrected chi connectivity index (χ3v) is 6.09. The van der Waals surface area contributed by atoms with Crippen molar-refractivity contribution < 1.29 is 31.5 Å². The molecule has 1 fully saturated rings. The highest BCUT2D eigenvalue weighted by atomic mass is 19.4. The maximum Gasteiger partial charge on any atom is 0.408 e. The number of fused-ring (bicyclic) bond motifs is 1. The van der Waals surface area contributed by atoms with Gasteiger partial charge < -0.3 is 5.32 Å². The van der Waals surface area contributed by atoms with E-state index in [0.717, 1.165) is 22.9 Å². The molecule has 3 heterocycles. The lowest BCUT2D eigenvalue weighted by molar-refractivity contribution is -0.153. The SMILES string of the molecule is CC[C@@H](NC(=O)c1cn(-c2ccc(F)cc2F)c2nc(N3C(=O)CCC3C)ccc2c1=O)C(F)(F)F. The van der Waals surface area contributed by atoms with Crippen molar-refractivity contribution in [1.29, 1.82) is 0 Å². The number of nitrogens with one attached hydrogen (secondary N) is 1. The number of halogens is 5. The number of amides is 2. The molecule has 0 saturated carbocycles. The Labute approximate surface area is 201 Å². The molecule has 0 spiro atoms. The van der Waals surface area contributed by atoms with Crippen molar-refractivity contribution in [2.24, 2.45) is 0 Å². The van der Waals surface area contributed by atoms with E-state index in [0.29, 0.717) is 12.5 Å². The number of anilines is 1. The van der Waals surface area contributed by atoms with Gasteiger partial charge in [-0.2, -0.15) is 13.2 Å². The van der Waals surface area contributed by atoms with Gasteiger partial charge in [0.05, 0.1) is 11.1 Å². The Hall–Kier alpha value is -3.83. The van der Waals surface area contributed by atoms with Crippen molar-refractivity contribution in [3.8, 4) is 5.69 Å². The molecule has 2 aromatic heterocycles. The summed E-state index contributed by atoms with van der Waals surface area (Å²) in [5.41, 5.74) is -2.08. The summed E-state index contributed by atoms with van der Waals surface area (Å²) >= 11 is 0. The van der Waals surface area contributed by atoms with Crippen LogP contribution in [0.3, 0.4) is 0 Å². The first kappa shape index (κ1) is 25.3. The van der Waals surface area contributed by atoms with Gasteiger partial charge in [-0.15, -0.1) is 0 Å². The molecule has 0 radical (unpaired) electrons. The van der Waals surface area contributed by atoms with Gasteiger partial charge >= 0.3 is 6.18 Å². The van der Waals surface area contributed by atoms with Crippen LogP contribution >= 0.6 is 0 Å². The van der Waals surface area contributed by atoms with E-state index in [1.54, 1.807) is 5.32 Å². The van der Waals surface area contributed by atoms with Crippen LogP contribution in [-0.2, 0) is 4.79 Å². The lowest BCUT2D eigenvalue weighted by atomic mass is 10.1. The highest BCUT2D eigenvalue weighted by Crippen LogP contribution is 2.28. The van der Waals surface area contributed by atoms with Gasteiger partial charge in [0.15, 0.2) is 5.65 Å². The van der Waals surface area contributed by atoms with E-state index in [1.165, 1.54) is 24.0 Å². The number of carbonyl (C=O) groups is 2. The zero-order valence-electron chi connectivity index (χ0n) is 19.2. The number of pyridine rings is 2. The highest BCUT2D eigenvalue weighted by molar-refractivity contribution is 5.99. The fraction of sp³-hybridized carbons (Fsp3) is 0.333. The molecule has 36 heavy (non-hydrogen) atoms. The van der Waals surface area contributed by atoms with Crippen LogP contribution in [0.15, 0.2) is 41.3 Å². The molecule has 1 unspecified atom stereocenters. The number of carbonyl (C=O) groups excluding carboxylic acids is 2. The molecule has 2 amide bonds. The molecule has 0 aliphatic carbocycles. The van der Waals surface area contributed by atoms with Gasteiger partial charge in [0.25, 0.3) is 5.91 Å². The van der Waals surface area contributed by atoms with Gasteiger partial charge in [-0.1, -0.05) is 6.92 Å². The summed E-state index contributed by atoms with van der Waals surface area (Å²) in [6.45, 7) is 3.03. The number of nitrogens with zero attached hydrogens (tertiary/aromatic N) is 3. The average molecular weight is 508 g/mol. The summed E-state index contributed by atoms with van der Waals surface area (Å²) in [4.78, 5) is 44.1. The fourth-order valence-electron chi connectivity index (χ4n) is 4.18.